The second-order valence-electron chi connectivity index (χ2n) is 3.26. The van der Waals surface area contributed by atoms with E-state index < -0.39 is 12.0 Å². The van der Waals surface area contributed by atoms with E-state index >= 15 is 0 Å². The van der Waals surface area contributed by atoms with Crippen LogP contribution in [0.25, 0.3) is 0 Å². The van der Waals surface area contributed by atoms with Gasteiger partial charge < -0.3 is 9.47 Å². The molecule has 0 unspecified atom stereocenters. The van der Waals surface area contributed by atoms with Crippen LogP contribution in [0.2, 0.25) is 10.0 Å². The summed E-state index contributed by atoms with van der Waals surface area (Å²) in [5, 5.41) is 0.715. The lowest BCUT2D eigenvalue weighted by Gasteiger charge is -2.09. The summed E-state index contributed by atoms with van der Waals surface area (Å²) < 4.78 is 9.69. The predicted octanol–water partition coefficient (Wildman–Crippen LogP) is 2.15. The van der Waals surface area contributed by atoms with Gasteiger partial charge in [-0.3, -0.25) is 10.2 Å². The summed E-state index contributed by atoms with van der Waals surface area (Å²) in [5.74, 6) is -0.153. The van der Waals surface area contributed by atoms with E-state index in [0.29, 0.717) is 15.8 Å². The van der Waals surface area contributed by atoms with Crippen molar-refractivity contribution in [3.8, 4) is 5.75 Å². The Morgan fingerprint density at radius 1 is 1.21 bits per heavy atom. The van der Waals surface area contributed by atoms with Crippen LogP contribution in [0.5, 0.6) is 5.75 Å². The fraction of sp³-hybridized carbons (Fsp3) is 0.273. The molecule has 1 aromatic rings. The lowest BCUT2D eigenvalue weighted by atomic mass is 10.3. The zero-order chi connectivity index (χ0) is 14.3. The SMILES string of the molecule is CCOC(=O)NNC(=O)COc1ccc(Cl)c(Cl)c1. The highest BCUT2D eigenvalue weighted by atomic mass is 35.5. The third-order valence-corrected chi connectivity index (χ3v) is 2.58. The first-order chi connectivity index (χ1) is 9.02. The molecule has 0 fully saturated rings. The highest BCUT2D eigenvalue weighted by molar-refractivity contribution is 6.42. The van der Waals surface area contributed by atoms with Gasteiger partial charge in [0.2, 0.25) is 0 Å². The zero-order valence-corrected chi connectivity index (χ0v) is 11.5. The predicted molar refractivity (Wildman–Crippen MR) is 70.3 cm³/mol. The molecule has 6 nitrogen and oxygen atoms in total. The third-order valence-electron chi connectivity index (χ3n) is 1.84. The Morgan fingerprint density at radius 2 is 1.95 bits per heavy atom. The van der Waals surface area contributed by atoms with E-state index in [0.717, 1.165) is 0 Å². The number of nitrogens with one attached hydrogen (secondary N) is 2. The number of carbonyl (C=O) groups is 2. The fourth-order valence-electron chi connectivity index (χ4n) is 1.04. The molecular formula is C11H12Cl2N2O4. The molecule has 0 heterocycles. The van der Waals surface area contributed by atoms with E-state index in [-0.39, 0.29) is 13.2 Å². The molecule has 0 aromatic heterocycles. The zero-order valence-electron chi connectivity index (χ0n) is 10.0. The van der Waals surface area contributed by atoms with E-state index in [1.807, 2.05) is 0 Å². The molecule has 0 atom stereocenters. The molecule has 19 heavy (non-hydrogen) atoms. The van der Waals surface area contributed by atoms with E-state index in [4.69, 9.17) is 27.9 Å². The van der Waals surface area contributed by atoms with Gasteiger partial charge in [-0.25, -0.2) is 10.2 Å². The van der Waals surface area contributed by atoms with Crippen molar-refractivity contribution in [3.63, 3.8) is 0 Å². The van der Waals surface area contributed by atoms with Crippen molar-refractivity contribution in [2.45, 2.75) is 6.92 Å². The molecule has 0 bridgehead atoms. The molecule has 104 valence electrons. The molecule has 0 saturated heterocycles. The number of rotatable bonds is 4. The molecule has 1 aromatic carbocycles. The molecule has 0 aliphatic carbocycles. The molecule has 0 saturated carbocycles. The summed E-state index contributed by atoms with van der Waals surface area (Å²) in [6, 6.07) is 4.60. The van der Waals surface area contributed by atoms with Gasteiger partial charge in [0.1, 0.15) is 5.75 Å². The van der Waals surface area contributed by atoms with Crippen molar-refractivity contribution in [1.82, 2.24) is 10.9 Å². The average molecular weight is 307 g/mol. The van der Waals surface area contributed by atoms with Gasteiger partial charge in [0.15, 0.2) is 6.61 Å². The number of ether oxygens (including phenoxy) is 2. The van der Waals surface area contributed by atoms with Crippen LogP contribution in [0.15, 0.2) is 18.2 Å². The van der Waals surface area contributed by atoms with E-state index in [2.05, 4.69) is 15.6 Å². The van der Waals surface area contributed by atoms with Crippen LogP contribution in [0.1, 0.15) is 6.92 Å². The van der Waals surface area contributed by atoms with Crippen molar-refractivity contribution in [3.05, 3.63) is 28.2 Å². The Labute approximate surface area is 119 Å². The van der Waals surface area contributed by atoms with Crippen molar-refractivity contribution in [1.29, 1.82) is 0 Å². The van der Waals surface area contributed by atoms with Crippen LogP contribution in [0, 0.1) is 0 Å². The van der Waals surface area contributed by atoms with Crippen molar-refractivity contribution < 1.29 is 19.1 Å². The fourth-order valence-corrected chi connectivity index (χ4v) is 1.33. The summed E-state index contributed by atoms with van der Waals surface area (Å²) in [7, 11) is 0. The summed E-state index contributed by atoms with van der Waals surface area (Å²) in [6.45, 7) is 1.57. The average Bonchev–Trinajstić information content (AvgIpc) is 2.38. The van der Waals surface area contributed by atoms with Crippen LogP contribution in [-0.4, -0.2) is 25.2 Å². The highest BCUT2D eigenvalue weighted by Gasteiger charge is 2.06. The van der Waals surface area contributed by atoms with E-state index in [1.54, 1.807) is 19.1 Å². The summed E-state index contributed by atoms with van der Waals surface area (Å²) in [4.78, 5) is 22.2. The Bertz CT molecular complexity index is 468. The van der Waals surface area contributed by atoms with Crippen molar-refractivity contribution in [2.24, 2.45) is 0 Å². The maximum Gasteiger partial charge on any atom is 0.426 e. The van der Waals surface area contributed by atoms with E-state index in [9.17, 15) is 9.59 Å². The van der Waals surface area contributed by atoms with Crippen LogP contribution in [-0.2, 0) is 9.53 Å². The number of hydrogen-bond donors (Lipinski definition) is 2. The largest absolute Gasteiger partial charge is 0.484 e. The molecule has 2 amide bonds. The Kier molecular flexibility index (Phi) is 6.24. The summed E-state index contributed by atoms with van der Waals surface area (Å²) in [6.07, 6.45) is -0.745. The number of hydrogen-bond acceptors (Lipinski definition) is 4. The molecule has 0 spiro atoms. The number of hydrazine groups is 1. The van der Waals surface area contributed by atoms with Gasteiger partial charge in [-0.2, -0.15) is 0 Å². The molecule has 0 radical (unpaired) electrons. The van der Waals surface area contributed by atoms with E-state index in [1.165, 1.54) is 6.07 Å². The van der Waals surface area contributed by atoms with Gasteiger partial charge in [0.25, 0.3) is 5.91 Å². The summed E-state index contributed by atoms with van der Waals surface area (Å²) >= 11 is 11.5. The molecular weight excluding hydrogens is 295 g/mol. The highest BCUT2D eigenvalue weighted by Crippen LogP contribution is 2.26. The quantitative estimate of drug-likeness (QED) is 0.836. The molecule has 0 aliphatic rings. The smallest absolute Gasteiger partial charge is 0.426 e. The second-order valence-corrected chi connectivity index (χ2v) is 4.07. The third kappa shape index (κ3) is 5.67. The standard InChI is InChI=1S/C11H12Cl2N2O4/c1-2-18-11(17)15-14-10(16)6-19-7-3-4-8(12)9(13)5-7/h3-5H,2,6H2,1H3,(H,14,16)(H,15,17). The van der Waals surface area contributed by atoms with Crippen LogP contribution < -0.4 is 15.6 Å². The Hall–Kier alpha value is -1.66. The van der Waals surface area contributed by atoms with Crippen LogP contribution >= 0.6 is 23.2 Å². The lowest BCUT2D eigenvalue weighted by Crippen LogP contribution is -2.44. The molecule has 1 rings (SSSR count). The first-order valence-corrected chi connectivity index (χ1v) is 6.08. The normalized spacial score (nSPS) is 9.63. The molecule has 8 heteroatoms. The van der Waals surface area contributed by atoms with Gasteiger partial charge in [-0.15, -0.1) is 0 Å². The van der Waals surface area contributed by atoms with Gasteiger partial charge in [0, 0.05) is 6.07 Å². The monoisotopic (exact) mass is 306 g/mol. The van der Waals surface area contributed by atoms with Gasteiger partial charge in [-0.1, -0.05) is 23.2 Å². The van der Waals surface area contributed by atoms with Gasteiger partial charge >= 0.3 is 6.09 Å². The van der Waals surface area contributed by atoms with Crippen LogP contribution in [0.3, 0.4) is 0 Å². The lowest BCUT2D eigenvalue weighted by molar-refractivity contribution is -0.123. The number of halogens is 2. The Morgan fingerprint density at radius 3 is 2.58 bits per heavy atom. The van der Waals surface area contributed by atoms with Crippen molar-refractivity contribution >= 4 is 35.2 Å². The minimum atomic E-state index is -0.745. The maximum atomic E-state index is 11.3. The number of amides is 2. The van der Waals surface area contributed by atoms with Gasteiger partial charge in [0.05, 0.1) is 16.7 Å². The molecule has 2 N–H and O–H groups in total. The molecule has 0 aliphatic heterocycles. The maximum absolute atomic E-state index is 11.3. The van der Waals surface area contributed by atoms with Gasteiger partial charge in [-0.05, 0) is 19.1 Å². The minimum Gasteiger partial charge on any atom is -0.484 e. The second kappa shape index (κ2) is 7.70. The summed E-state index contributed by atoms with van der Waals surface area (Å²) in [5.41, 5.74) is 4.17. The minimum absolute atomic E-state index is 0.210. The number of carbonyl (C=O) groups excluding carboxylic acids is 2. The Balaban J connectivity index is 2.33. The first kappa shape index (κ1) is 15.4. The van der Waals surface area contributed by atoms with Crippen LogP contribution in [0.4, 0.5) is 4.79 Å². The van der Waals surface area contributed by atoms with Crippen molar-refractivity contribution in [2.75, 3.05) is 13.2 Å². The topological polar surface area (TPSA) is 76.7 Å². The number of benzene rings is 1. The first-order valence-electron chi connectivity index (χ1n) is 5.32.